The first-order valence-corrected chi connectivity index (χ1v) is 8.14. The van der Waals surface area contributed by atoms with Gasteiger partial charge < -0.3 is 10.2 Å². The highest BCUT2D eigenvalue weighted by Gasteiger charge is 2.20. The molecule has 0 saturated heterocycles. The number of nitrogens with one attached hydrogen (secondary N) is 1. The fraction of sp³-hybridized carbons (Fsp3) is 0.706. The highest BCUT2D eigenvalue weighted by molar-refractivity contribution is 5.42. The Labute approximate surface area is 123 Å². The van der Waals surface area contributed by atoms with Gasteiger partial charge >= 0.3 is 0 Å². The molecule has 0 aromatic carbocycles. The minimum absolute atomic E-state index is 0.883. The standard InChI is InChI=1S/C17H29N3/c1-4-7-16-10-15(12-18-5-2)11-17(19-16)20(3)13-14-8-6-9-14/h10-11,14,18H,4-9,12-13H2,1-3H3. The molecule has 3 nitrogen and oxygen atoms in total. The van der Waals surface area contributed by atoms with Crippen LogP contribution in [-0.4, -0.2) is 25.1 Å². The van der Waals surface area contributed by atoms with E-state index in [4.69, 9.17) is 4.98 Å². The van der Waals surface area contributed by atoms with Crippen LogP contribution < -0.4 is 10.2 Å². The highest BCUT2D eigenvalue weighted by atomic mass is 15.2. The molecule has 112 valence electrons. The molecule has 1 aliphatic rings. The molecule has 0 radical (unpaired) electrons. The fourth-order valence-electron chi connectivity index (χ4n) is 2.74. The van der Waals surface area contributed by atoms with Crippen LogP contribution in [0.15, 0.2) is 12.1 Å². The number of hydrogen-bond acceptors (Lipinski definition) is 3. The van der Waals surface area contributed by atoms with E-state index in [2.05, 4.69) is 43.2 Å². The molecule has 0 atom stereocenters. The van der Waals surface area contributed by atoms with Crippen LogP contribution in [0.1, 0.15) is 50.8 Å². The third-order valence-electron chi connectivity index (χ3n) is 4.16. The van der Waals surface area contributed by atoms with Crippen molar-refractivity contribution in [2.75, 3.05) is 25.0 Å². The Morgan fingerprint density at radius 2 is 2.10 bits per heavy atom. The summed E-state index contributed by atoms with van der Waals surface area (Å²) in [4.78, 5) is 7.19. The van der Waals surface area contributed by atoms with Crippen LogP contribution in [-0.2, 0) is 13.0 Å². The molecule has 1 aromatic heterocycles. The summed E-state index contributed by atoms with van der Waals surface area (Å²) in [5.74, 6) is 2.03. The van der Waals surface area contributed by atoms with Gasteiger partial charge in [-0.2, -0.15) is 0 Å². The molecule has 0 aliphatic heterocycles. The lowest BCUT2D eigenvalue weighted by Crippen LogP contribution is -2.30. The number of anilines is 1. The predicted octanol–water partition coefficient (Wildman–Crippen LogP) is 3.38. The first-order chi connectivity index (χ1) is 9.72. The van der Waals surface area contributed by atoms with Gasteiger partial charge in [0.05, 0.1) is 0 Å². The van der Waals surface area contributed by atoms with Crippen molar-refractivity contribution in [1.29, 1.82) is 0 Å². The molecule has 20 heavy (non-hydrogen) atoms. The van der Waals surface area contributed by atoms with Gasteiger partial charge in [0.1, 0.15) is 5.82 Å². The van der Waals surface area contributed by atoms with Crippen LogP contribution >= 0.6 is 0 Å². The van der Waals surface area contributed by atoms with Crippen molar-refractivity contribution >= 4 is 5.82 Å². The molecule has 0 bridgehead atoms. The largest absolute Gasteiger partial charge is 0.359 e. The summed E-state index contributed by atoms with van der Waals surface area (Å²) < 4.78 is 0. The van der Waals surface area contributed by atoms with Crippen molar-refractivity contribution < 1.29 is 0 Å². The lowest BCUT2D eigenvalue weighted by molar-refractivity contribution is 0.321. The minimum atomic E-state index is 0.883. The quantitative estimate of drug-likeness (QED) is 0.788. The van der Waals surface area contributed by atoms with Gasteiger partial charge in [0.15, 0.2) is 0 Å². The van der Waals surface area contributed by atoms with Gasteiger partial charge in [0.25, 0.3) is 0 Å². The summed E-state index contributed by atoms with van der Waals surface area (Å²) in [6.07, 6.45) is 6.42. The van der Waals surface area contributed by atoms with Crippen LogP contribution in [0.2, 0.25) is 0 Å². The number of pyridine rings is 1. The summed E-state index contributed by atoms with van der Waals surface area (Å²) in [6.45, 7) is 7.48. The monoisotopic (exact) mass is 275 g/mol. The molecule has 0 unspecified atom stereocenters. The molecule has 1 saturated carbocycles. The molecule has 1 heterocycles. The van der Waals surface area contributed by atoms with Crippen LogP contribution in [0.4, 0.5) is 5.82 Å². The summed E-state index contributed by atoms with van der Waals surface area (Å²) in [5.41, 5.74) is 2.60. The fourth-order valence-corrected chi connectivity index (χ4v) is 2.74. The van der Waals surface area contributed by atoms with E-state index < -0.39 is 0 Å². The Hall–Kier alpha value is -1.09. The zero-order chi connectivity index (χ0) is 14.4. The Balaban J connectivity index is 2.09. The third kappa shape index (κ3) is 4.20. The normalized spacial score (nSPS) is 15.2. The molecule has 1 N–H and O–H groups in total. The van der Waals surface area contributed by atoms with Crippen LogP contribution in [0.3, 0.4) is 0 Å². The first-order valence-electron chi connectivity index (χ1n) is 8.14. The van der Waals surface area contributed by atoms with E-state index in [-0.39, 0.29) is 0 Å². The summed E-state index contributed by atoms with van der Waals surface area (Å²) in [6, 6.07) is 4.51. The molecule has 1 fully saturated rings. The molecule has 1 aliphatic carbocycles. The van der Waals surface area contributed by atoms with Gasteiger partial charge in [0.2, 0.25) is 0 Å². The topological polar surface area (TPSA) is 28.2 Å². The predicted molar refractivity (Wildman–Crippen MR) is 86.2 cm³/mol. The van der Waals surface area contributed by atoms with E-state index in [0.717, 1.165) is 44.2 Å². The molecular weight excluding hydrogens is 246 g/mol. The Morgan fingerprint density at radius 3 is 2.70 bits per heavy atom. The Kier molecular flexibility index (Phi) is 5.84. The van der Waals surface area contributed by atoms with Crippen LogP contribution in [0.25, 0.3) is 0 Å². The number of rotatable bonds is 8. The second kappa shape index (κ2) is 7.63. The number of aromatic nitrogens is 1. The molecular formula is C17H29N3. The second-order valence-corrected chi connectivity index (χ2v) is 6.03. The van der Waals surface area contributed by atoms with Crippen molar-refractivity contribution in [1.82, 2.24) is 10.3 Å². The summed E-state index contributed by atoms with van der Waals surface area (Å²) in [5, 5.41) is 3.42. The lowest BCUT2D eigenvalue weighted by atomic mass is 9.85. The van der Waals surface area contributed by atoms with Crippen molar-refractivity contribution in [3.8, 4) is 0 Å². The van der Waals surface area contributed by atoms with E-state index in [9.17, 15) is 0 Å². The summed E-state index contributed by atoms with van der Waals surface area (Å²) >= 11 is 0. The number of nitrogens with zero attached hydrogens (tertiary/aromatic N) is 2. The number of aryl methyl sites for hydroxylation is 1. The smallest absolute Gasteiger partial charge is 0.128 e. The van der Waals surface area contributed by atoms with Gasteiger partial charge in [-0.05, 0) is 49.4 Å². The van der Waals surface area contributed by atoms with E-state index in [0.29, 0.717) is 0 Å². The highest BCUT2D eigenvalue weighted by Crippen LogP contribution is 2.28. The van der Waals surface area contributed by atoms with E-state index in [1.807, 2.05) is 0 Å². The minimum Gasteiger partial charge on any atom is -0.359 e. The molecule has 3 heteroatoms. The average Bonchev–Trinajstić information content (AvgIpc) is 2.40. The van der Waals surface area contributed by atoms with Crippen molar-refractivity contribution in [3.05, 3.63) is 23.4 Å². The zero-order valence-electron chi connectivity index (χ0n) is 13.3. The first kappa shape index (κ1) is 15.3. The maximum absolute atomic E-state index is 4.84. The second-order valence-electron chi connectivity index (χ2n) is 6.03. The lowest BCUT2D eigenvalue weighted by Gasteiger charge is -2.31. The van der Waals surface area contributed by atoms with E-state index in [1.54, 1.807) is 0 Å². The third-order valence-corrected chi connectivity index (χ3v) is 4.16. The Morgan fingerprint density at radius 1 is 1.30 bits per heavy atom. The Bertz CT molecular complexity index is 413. The molecule has 0 amide bonds. The van der Waals surface area contributed by atoms with Crippen molar-refractivity contribution in [2.24, 2.45) is 5.92 Å². The van der Waals surface area contributed by atoms with Gasteiger partial charge in [-0.15, -0.1) is 0 Å². The molecule has 1 aromatic rings. The van der Waals surface area contributed by atoms with Gasteiger partial charge in [-0.1, -0.05) is 26.7 Å². The van der Waals surface area contributed by atoms with E-state index >= 15 is 0 Å². The van der Waals surface area contributed by atoms with Crippen molar-refractivity contribution in [2.45, 2.75) is 52.5 Å². The maximum Gasteiger partial charge on any atom is 0.128 e. The van der Waals surface area contributed by atoms with Gasteiger partial charge in [-0.25, -0.2) is 4.98 Å². The average molecular weight is 275 g/mol. The SMILES string of the molecule is CCCc1cc(CNCC)cc(N(C)CC2CCC2)n1. The zero-order valence-corrected chi connectivity index (χ0v) is 13.3. The van der Waals surface area contributed by atoms with Crippen molar-refractivity contribution in [3.63, 3.8) is 0 Å². The van der Waals surface area contributed by atoms with Crippen LogP contribution in [0, 0.1) is 5.92 Å². The van der Waals surface area contributed by atoms with E-state index in [1.165, 1.54) is 30.5 Å². The number of hydrogen-bond donors (Lipinski definition) is 1. The van der Waals surface area contributed by atoms with Gasteiger partial charge in [0, 0.05) is 25.8 Å². The maximum atomic E-state index is 4.84. The van der Waals surface area contributed by atoms with Gasteiger partial charge in [-0.3, -0.25) is 0 Å². The molecule has 0 spiro atoms. The van der Waals surface area contributed by atoms with Crippen LogP contribution in [0.5, 0.6) is 0 Å². The summed E-state index contributed by atoms with van der Waals surface area (Å²) in [7, 11) is 2.19. The molecule has 2 rings (SSSR count).